The molecule has 1 saturated heterocycles. The van der Waals surface area contributed by atoms with E-state index in [1.54, 1.807) is 0 Å². The smallest absolute Gasteiger partial charge is 0.0223 e. The topological polar surface area (TPSA) is 18.5 Å². The zero-order valence-electron chi connectivity index (χ0n) is 12.2. The van der Waals surface area contributed by atoms with Gasteiger partial charge in [-0.1, -0.05) is 20.3 Å². The van der Waals surface area contributed by atoms with Crippen LogP contribution in [0.4, 0.5) is 0 Å². The summed E-state index contributed by atoms with van der Waals surface area (Å²) in [4.78, 5) is 5.21. The van der Waals surface area contributed by atoms with Crippen molar-refractivity contribution in [2.45, 2.75) is 51.6 Å². The summed E-state index contributed by atoms with van der Waals surface area (Å²) in [5.74, 6) is 0. The molecule has 0 aromatic rings. The highest BCUT2D eigenvalue weighted by atomic mass is 15.2. The largest absolute Gasteiger partial charge is 0.318 e. The summed E-state index contributed by atoms with van der Waals surface area (Å²) in [6.45, 7) is 9.44. The van der Waals surface area contributed by atoms with Crippen LogP contribution >= 0.6 is 0 Å². The summed E-state index contributed by atoms with van der Waals surface area (Å²) in [6.07, 6.45) is 5.35. The van der Waals surface area contributed by atoms with Crippen molar-refractivity contribution in [3.8, 4) is 0 Å². The van der Waals surface area contributed by atoms with Gasteiger partial charge in [0.15, 0.2) is 0 Å². The van der Waals surface area contributed by atoms with Crippen molar-refractivity contribution in [1.29, 1.82) is 0 Å². The Kier molecular flexibility index (Phi) is 7.09. The molecule has 1 aliphatic heterocycles. The van der Waals surface area contributed by atoms with Gasteiger partial charge in [0.05, 0.1) is 0 Å². The minimum absolute atomic E-state index is 0.698. The van der Waals surface area contributed by atoms with Gasteiger partial charge < -0.3 is 10.2 Å². The lowest BCUT2D eigenvalue weighted by atomic mass is 10.1. The van der Waals surface area contributed by atoms with Crippen LogP contribution in [0.1, 0.15) is 39.5 Å². The summed E-state index contributed by atoms with van der Waals surface area (Å²) in [6, 6.07) is 1.49. The molecule has 102 valence electrons. The molecule has 0 radical (unpaired) electrons. The molecule has 0 amide bonds. The number of rotatable bonds is 8. The van der Waals surface area contributed by atoms with E-state index in [9.17, 15) is 0 Å². The first-order chi connectivity index (χ1) is 8.22. The Morgan fingerprint density at radius 1 is 1.41 bits per heavy atom. The van der Waals surface area contributed by atoms with E-state index < -0.39 is 0 Å². The summed E-state index contributed by atoms with van der Waals surface area (Å²) >= 11 is 0. The van der Waals surface area contributed by atoms with Gasteiger partial charge in [-0.05, 0) is 46.4 Å². The van der Waals surface area contributed by atoms with E-state index in [1.165, 1.54) is 45.3 Å². The molecule has 1 fully saturated rings. The second kappa shape index (κ2) is 8.06. The molecule has 3 heteroatoms. The Hall–Kier alpha value is -0.120. The summed E-state index contributed by atoms with van der Waals surface area (Å²) in [5.41, 5.74) is 0. The summed E-state index contributed by atoms with van der Waals surface area (Å²) < 4.78 is 0. The van der Waals surface area contributed by atoms with Crippen LogP contribution < -0.4 is 5.32 Å². The van der Waals surface area contributed by atoms with Crippen LogP contribution in [0, 0.1) is 0 Å². The van der Waals surface area contributed by atoms with Gasteiger partial charge in [-0.15, -0.1) is 0 Å². The number of hydrogen-bond acceptors (Lipinski definition) is 3. The van der Waals surface area contributed by atoms with E-state index >= 15 is 0 Å². The van der Waals surface area contributed by atoms with Crippen molar-refractivity contribution in [2.75, 3.05) is 40.3 Å². The zero-order valence-corrected chi connectivity index (χ0v) is 12.2. The molecule has 1 rings (SSSR count). The van der Waals surface area contributed by atoms with Crippen molar-refractivity contribution >= 4 is 0 Å². The Morgan fingerprint density at radius 2 is 2.18 bits per heavy atom. The third-order valence-corrected chi connectivity index (χ3v) is 4.09. The van der Waals surface area contributed by atoms with Crippen molar-refractivity contribution in [2.24, 2.45) is 0 Å². The molecule has 2 atom stereocenters. The quantitative estimate of drug-likeness (QED) is 0.699. The van der Waals surface area contributed by atoms with Crippen molar-refractivity contribution < 1.29 is 0 Å². The van der Waals surface area contributed by atoms with Gasteiger partial charge in [-0.3, -0.25) is 4.90 Å². The summed E-state index contributed by atoms with van der Waals surface area (Å²) in [5, 5.41) is 3.33. The molecule has 0 bridgehead atoms. The standard InChI is InChI=1S/C14H31N3/c1-5-8-13(11-15-3)16(4)12-14-9-7-10-17(14)6-2/h13-15H,5-12H2,1-4H3. The van der Waals surface area contributed by atoms with Crippen molar-refractivity contribution in [3.05, 3.63) is 0 Å². The van der Waals surface area contributed by atoms with Crippen LogP contribution in [-0.2, 0) is 0 Å². The first-order valence-electron chi connectivity index (χ1n) is 7.31. The molecule has 0 aromatic carbocycles. The molecule has 0 aromatic heterocycles. The van der Waals surface area contributed by atoms with E-state index in [0.29, 0.717) is 6.04 Å². The second-order valence-corrected chi connectivity index (χ2v) is 5.36. The van der Waals surface area contributed by atoms with Gasteiger partial charge in [-0.25, -0.2) is 0 Å². The van der Waals surface area contributed by atoms with Crippen LogP contribution in [0.3, 0.4) is 0 Å². The molecule has 0 aliphatic carbocycles. The maximum Gasteiger partial charge on any atom is 0.0223 e. The SMILES string of the molecule is CCCC(CNC)N(C)CC1CCCN1CC. The second-order valence-electron chi connectivity index (χ2n) is 5.36. The molecule has 0 spiro atoms. The maximum absolute atomic E-state index is 3.33. The number of nitrogens with one attached hydrogen (secondary N) is 1. The van der Waals surface area contributed by atoms with E-state index in [0.717, 1.165) is 12.6 Å². The van der Waals surface area contributed by atoms with Gasteiger partial charge in [0, 0.05) is 25.2 Å². The Morgan fingerprint density at radius 3 is 2.76 bits per heavy atom. The number of likely N-dealkylation sites (tertiary alicyclic amines) is 1. The molecule has 3 nitrogen and oxygen atoms in total. The van der Waals surface area contributed by atoms with Crippen LogP contribution in [0.5, 0.6) is 0 Å². The minimum atomic E-state index is 0.698. The van der Waals surface area contributed by atoms with Crippen molar-refractivity contribution in [1.82, 2.24) is 15.1 Å². The van der Waals surface area contributed by atoms with Gasteiger partial charge in [-0.2, -0.15) is 0 Å². The zero-order chi connectivity index (χ0) is 12.7. The Labute approximate surface area is 108 Å². The van der Waals surface area contributed by atoms with Gasteiger partial charge in [0.2, 0.25) is 0 Å². The maximum atomic E-state index is 3.33. The lowest BCUT2D eigenvalue weighted by Gasteiger charge is -2.33. The molecule has 1 aliphatic rings. The molecule has 17 heavy (non-hydrogen) atoms. The average Bonchev–Trinajstić information content (AvgIpc) is 2.76. The predicted octanol–water partition coefficient (Wildman–Crippen LogP) is 1.79. The third-order valence-electron chi connectivity index (χ3n) is 4.09. The first-order valence-corrected chi connectivity index (χ1v) is 7.31. The Bertz CT molecular complexity index is 190. The number of likely N-dealkylation sites (N-methyl/N-ethyl adjacent to an activating group) is 3. The molecule has 1 N–H and O–H groups in total. The highest BCUT2D eigenvalue weighted by Gasteiger charge is 2.25. The third kappa shape index (κ3) is 4.57. The summed E-state index contributed by atoms with van der Waals surface area (Å²) in [7, 11) is 4.36. The van der Waals surface area contributed by atoms with E-state index in [1.807, 2.05) is 0 Å². The predicted molar refractivity (Wildman–Crippen MR) is 75.5 cm³/mol. The molecule has 1 heterocycles. The molecular formula is C14H31N3. The van der Waals surface area contributed by atoms with Crippen LogP contribution in [-0.4, -0.2) is 62.2 Å². The molecule has 0 saturated carbocycles. The monoisotopic (exact) mass is 241 g/mol. The number of nitrogens with zero attached hydrogens (tertiary/aromatic N) is 2. The highest BCUT2D eigenvalue weighted by Crippen LogP contribution is 2.18. The minimum Gasteiger partial charge on any atom is -0.318 e. The van der Waals surface area contributed by atoms with E-state index in [-0.39, 0.29) is 0 Å². The van der Waals surface area contributed by atoms with Gasteiger partial charge in [0.25, 0.3) is 0 Å². The van der Waals surface area contributed by atoms with E-state index in [2.05, 4.69) is 43.1 Å². The lowest BCUT2D eigenvalue weighted by molar-refractivity contribution is 0.156. The Balaban J connectivity index is 2.41. The van der Waals surface area contributed by atoms with Crippen LogP contribution in [0.2, 0.25) is 0 Å². The fraction of sp³-hybridized carbons (Fsp3) is 1.00. The molecular weight excluding hydrogens is 210 g/mol. The van der Waals surface area contributed by atoms with Crippen LogP contribution in [0.25, 0.3) is 0 Å². The fourth-order valence-corrected chi connectivity index (χ4v) is 3.05. The van der Waals surface area contributed by atoms with Gasteiger partial charge in [0.1, 0.15) is 0 Å². The van der Waals surface area contributed by atoms with Crippen LogP contribution in [0.15, 0.2) is 0 Å². The molecule has 2 unspecified atom stereocenters. The van der Waals surface area contributed by atoms with Gasteiger partial charge >= 0.3 is 0 Å². The lowest BCUT2D eigenvalue weighted by Crippen LogP contribution is -2.46. The van der Waals surface area contributed by atoms with E-state index in [4.69, 9.17) is 0 Å². The normalized spacial score (nSPS) is 23.5. The highest BCUT2D eigenvalue weighted by molar-refractivity contribution is 4.83. The average molecular weight is 241 g/mol. The first kappa shape index (κ1) is 14.9. The fourth-order valence-electron chi connectivity index (χ4n) is 3.05. The number of hydrogen-bond donors (Lipinski definition) is 1. The van der Waals surface area contributed by atoms with Crippen molar-refractivity contribution in [3.63, 3.8) is 0 Å².